The Balaban J connectivity index is 1.78. The van der Waals surface area contributed by atoms with Crippen LogP contribution in [0.2, 0.25) is 0 Å². The number of nitrogens with zero attached hydrogens (tertiary/aromatic N) is 2. The summed E-state index contributed by atoms with van der Waals surface area (Å²) in [4.78, 5) is 16.2. The number of rotatable bonds is 5. The Bertz CT molecular complexity index is 452. The Hall–Kier alpha value is -1.37. The van der Waals surface area contributed by atoms with E-state index < -0.39 is 0 Å². The molecule has 2 rings (SSSR count). The second-order valence-corrected chi connectivity index (χ2v) is 4.73. The highest BCUT2D eigenvalue weighted by Crippen LogP contribution is 2.06. The molecule has 1 aliphatic rings. The molecule has 1 N–H and O–H groups in total. The zero-order chi connectivity index (χ0) is 13.7. The van der Waals surface area contributed by atoms with Crippen LogP contribution in [0.5, 0.6) is 5.75 Å². The van der Waals surface area contributed by atoms with Gasteiger partial charge in [-0.2, -0.15) is 0 Å². The third kappa shape index (κ3) is 4.05. The highest BCUT2D eigenvalue weighted by Gasteiger charge is 2.13. The first-order valence-corrected chi connectivity index (χ1v) is 6.45. The molecule has 0 saturated carbocycles. The van der Waals surface area contributed by atoms with Crippen molar-refractivity contribution in [3.05, 3.63) is 28.3 Å². The molecule has 1 aliphatic heterocycles. The average Bonchev–Trinajstić information content (AvgIpc) is 2.42. The van der Waals surface area contributed by atoms with Crippen molar-refractivity contribution >= 4 is 0 Å². The average molecular weight is 268 g/mol. The zero-order valence-electron chi connectivity index (χ0n) is 11.2. The van der Waals surface area contributed by atoms with E-state index in [9.17, 15) is 4.79 Å². The van der Waals surface area contributed by atoms with Crippen LogP contribution in [0.15, 0.2) is 21.5 Å². The normalized spacial score (nSPS) is 17.6. The maximum absolute atomic E-state index is 11.6. The smallest absolute Gasteiger partial charge is 0.227 e. The van der Waals surface area contributed by atoms with Gasteiger partial charge in [-0.25, -0.2) is 0 Å². The van der Waals surface area contributed by atoms with Crippen molar-refractivity contribution in [1.82, 2.24) is 9.80 Å². The molecule has 0 amide bonds. The second-order valence-electron chi connectivity index (χ2n) is 4.73. The van der Waals surface area contributed by atoms with Gasteiger partial charge in [-0.05, 0) is 7.05 Å². The minimum Gasteiger partial charge on any atom is -0.485 e. The van der Waals surface area contributed by atoms with E-state index in [1.54, 1.807) is 0 Å². The molecule has 19 heavy (non-hydrogen) atoms. The second kappa shape index (κ2) is 6.70. The Morgan fingerprint density at radius 2 is 2.11 bits per heavy atom. The Kier molecular flexibility index (Phi) is 4.95. The lowest BCUT2D eigenvalue weighted by molar-refractivity contribution is 0.132. The van der Waals surface area contributed by atoms with Crippen LogP contribution < -0.4 is 10.2 Å². The van der Waals surface area contributed by atoms with Gasteiger partial charge in [0.1, 0.15) is 25.2 Å². The summed E-state index contributed by atoms with van der Waals surface area (Å²) < 4.78 is 10.5. The summed E-state index contributed by atoms with van der Waals surface area (Å²) >= 11 is 0. The van der Waals surface area contributed by atoms with E-state index in [-0.39, 0.29) is 23.5 Å². The van der Waals surface area contributed by atoms with Crippen LogP contribution in [-0.2, 0) is 6.61 Å². The van der Waals surface area contributed by atoms with E-state index in [2.05, 4.69) is 16.8 Å². The van der Waals surface area contributed by atoms with Gasteiger partial charge in [-0.3, -0.25) is 9.69 Å². The fourth-order valence-corrected chi connectivity index (χ4v) is 1.98. The van der Waals surface area contributed by atoms with Crippen molar-refractivity contribution in [2.24, 2.45) is 0 Å². The maximum Gasteiger partial charge on any atom is 0.227 e. The van der Waals surface area contributed by atoms with Gasteiger partial charge in [0.15, 0.2) is 0 Å². The molecule has 0 spiro atoms. The van der Waals surface area contributed by atoms with Crippen molar-refractivity contribution in [2.75, 3.05) is 46.4 Å². The first-order chi connectivity index (χ1) is 9.19. The van der Waals surface area contributed by atoms with E-state index >= 15 is 0 Å². The number of ether oxygens (including phenoxy) is 1. The van der Waals surface area contributed by atoms with Gasteiger partial charge in [0.25, 0.3) is 0 Å². The molecular formula is C13H20N2O4. The first-order valence-electron chi connectivity index (χ1n) is 6.45. The van der Waals surface area contributed by atoms with Crippen LogP contribution in [0.3, 0.4) is 0 Å². The zero-order valence-corrected chi connectivity index (χ0v) is 11.2. The Labute approximate surface area is 112 Å². The topological polar surface area (TPSA) is 66.2 Å². The van der Waals surface area contributed by atoms with Gasteiger partial charge in [-0.1, -0.05) is 0 Å². The Morgan fingerprint density at radius 1 is 1.37 bits per heavy atom. The lowest BCUT2D eigenvalue weighted by Gasteiger charge is -2.32. The molecule has 0 bridgehead atoms. The number of aliphatic hydroxyl groups is 1. The molecule has 1 aromatic heterocycles. The maximum atomic E-state index is 11.6. The standard InChI is InChI=1S/C13H20N2O4/c1-14-2-4-15(5-3-14)6-7-18-13-10-19-11(9-16)8-12(13)17/h8,10,16H,2-7,9H2,1H3. The van der Waals surface area contributed by atoms with Gasteiger partial charge in [0, 0.05) is 38.8 Å². The highest BCUT2D eigenvalue weighted by molar-refractivity contribution is 5.17. The molecule has 1 fully saturated rings. The van der Waals surface area contributed by atoms with Crippen LogP contribution in [0.1, 0.15) is 5.76 Å². The summed E-state index contributed by atoms with van der Waals surface area (Å²) in [6, 6.07) is 1.26. The predicted octanol–water partition coefficient (Wildman–Crippen LogP) is -0.242. The first kappa shape index (κ1) is 14.0. The minimum absolute atomic E-state index is 0.200. The number of aliphatic hydroxyl groups excluding tert-OH is 1. The van der Waals surface area contributed by atoms with Crippen molar-refractivity contribution < 1.29 is 14.3 Å². The molecule has 1 saturated heterocycles. The SMILES string of the molecule is CN1CCN(CCOc2coc(CO)cc2=O)CC1. The summed E-state index contributed by atoms with van der Waals surface area (Å²) in [7, 11) is 2.11. The summed E-state index contributed by atoms with van der Waals surface area (Å²) in [6.45, 7) is 5.16. The van der Waals surface area contributed by atoms with Crippen molar-refractivity contribution in [1.29, 1.82) is 0 Å². The van der Waals surface area contributed by atoms with Crippen molar-refractivity contribution in [3.8, 4) is 5.75 Å². The Morgan fingerprint density at radius 3 is 2.74 bits per heavy atom. The fraction of sp³-hybridized carbons (Fsp3) is 0.615. The van der Waals surface area contributed by atoms with Gasteiger partial charge in [0.05, 0.1) is 0 Å². The largest absolute Gasteiger partial charge is 0.485 e. The molecule has 0 atom stereocenters. The van der Waals surface area contributed by atoms with E-state index in [0.717, 1.165) is 32.7 Å². The predicted molar refractivity (Wildman–Crippen MR) is 70.3 cm³/mol. The molecule has 0 aliphatic carbocycles. The molecule has 0 unspecified atom stereocenters. The highest BCUT2D eigenvalue weighted by atomic mass is 16.5. The molecule has 1 aromatic rings. The van der Waals surface area contributed by atoms with Crippen LogP contribution in [-0.4, -0.2) is 61.3 Å². The summed E-state index contributed by atoms with van der Waals surface area (Å²) in [5.74, 6) is 0.447. The van der Waals surface area contributed by atoms with Crippen molar-refractivity contribution in [2.45, 2.75) is 6.61 Å². The van der Waals surface area contributed by atoms with E-state index in [1.807, 2.05) is 0 Å². The molecular weight excluding hydrogens is 248 g/mol. The third-order valence-electron chi connectivity index (χ3n) is 3.27. The van der Waals surface area contributed by atoms with Crippen LogP contribution in [0.25, 0.3) is 0 Å². The number of hydrogen-bond acceptors (Lipinski definition) is 6. The van der Waals surface area contributed by atoms with Gasteiger partial charge >= 0.3 is 0 Å². The molecule has 6 heteroatoms. The van der Waals surface area contributed by atoms with Crippen LogP contribution in [0.4, 0.5) is 0 Å². The summed E-state index contributed by atoms with van der Waals surface area (Å²) in [6.07, 6.45) is 1.26. The molecule has 6 nitrogen and oxygen atoms in total. The van der Waals surface area contributed by atoms with Crippen LogP contribution >= 0.6 is 0 Å². The molecule has 2 heterocycles. The van der Waals surface area contributed by atoms with Gasteiger partial charge in [-0.15, -0.1) is 0 Å². The molecule has 0 radical (unpaired) electrons. The van der Waals surface area contributed by atoms with Gasteiger partial charge < -0.3 is 19.2 Å². The quantitative estimate of drug-likeness (QED) is 0.795. The van der Waals surface area contributed by atoms with Crippen LogP contribution in [0, 0.1) is 0 Å². The lowest BCUT2D eigenvalue weighted by Crippen LogP contribution is -2.45. The fourth-order valence-electron chi connectivity index (χ4n) is 1.98. The summed E-state index contributed by atoms with van der Waals surface area (Å²) in [5.41, 5.74) is -0.256. The monoisotopic (exact) mass is 268 g/mol. The van der Waals surface area contributed by atoms with Crippen molar-refractivity contribution in [3.63, 3.8) is 0 Å². The minimum atomic E-state index is -0.281. The third-order valence-corrected chi connectivity index (χ3v) is 3.27. The summed E-state index contributed by atoms with van der Waals surface area (Å²) in [5, 5.41) is 8.84. The number of hydrogen-bond donors (Lipinski definition) is 1. The molecule has 0 aromatic carbocycles. The van der Waals surface area contributed by atoms with E-state index in [0.29, 0.717) is 6.61 Å². The number of piperazine rings is 1. The van der Waals surface area contributed by atoms with E-state index in [1.165, 1.54) is 12.3 Å². The van der Waals surface area contributed by atoms with Gasteiger partial charge in [0.2, 0.25) is 11.2 Å². The lowest BCUT2D eigenvalue weighted by atomic mass is 10.3. The molecule has 106 valence electrons. The van der Waals surface area contributed by atoms with E-state index in [4.69, 9.17) is 14.3 Å². The number of likely N-dealkylation sites (N-methyl/N-ethyl adjacent to an activating group) is 1.